The van der Waals surface area contributed by atoms with Crippen molar-refractivity contribution >= 4 is 11.9 Å². The fourth-order valence-electron chi connectivity index (χ4n) is 3.10. The molecule has 2 atom stereocenters. The Morgan fingerprint density at radius 2 is 2.06 bits per heavy atom. The smallest absolute Gasteiger partial charge is 0.0850 e. The lowest BCUT2D eigenvalue weighted by Gasteiger charge is -2.39. The van der Waals surface area contributed by atoms with Gasteiger partial charge >= 0.3 is 0 Å². The molecule has 2 aliphatic heterocycles. The van der Waals surface area contributed by atoms with E-state index < -0.39 is 0 Å². The number of hydrogen-bond donors (Lipinski definition) is 0. The zero-order chi connectivity index (χ0) is 11.2. The Morgan fingerprint density at radius 1 is 1.31 bits per heavy atom. The summed E-state index contributed by atoms with van der Waals surface area (Å²) in [6.45, 7) is 4.29. The Labute approximate surface area is 95.6 Å². The van der Waals surface area contributed by atoms with Crippen LogP contribution in [0.3, 0.4) is 0 Å². The van der Waals surface area contributed by atoms with E-state index in [1.54, 1.807) is 0 Å². The van der Waals surface area contributed by atoms with Gasteiger partial charge in [0.25, 0.3) is 0 Å². The van der Waals surface area contributed by atoms with Crippen molar-refractivity contribution in [1.82, 2.24) is 4.98 Å². The highest BCUT2D eigenvalue weighted by Crippen LogP contribution is 2.45. The molecule has 0 aliphatic carbocycles. The van der Waals surface area contributed by atoms with Gasteiger partial charge < -0.3 is 4.74 Å². The lowest BCUT2D eigenvalue weighted by atomic mass is 9.73. The molecule has 0 aromatic carbocycles. The van der Waals surface area contributed by atoms with Crippen LogP contribution in [0.15, 0.2) is 23.5 Å². The van der Waals surface area contributed by atoms with Crippen LogP contribution in [0.2, 0.25) is 0 Å². The van der Waals surface area contributed by atoms with Gasteiger partial charge in [0.1, 0.15) is 0 Å². The van der Waals surface area contributed by atoms with Crippen molar-refractivity contribution in [1.29, 1.82) is 0 Å². The van der Waals surface area contributed by atoms with Gasteiger partial charge in [0, 0.05) is 17.8 Å². The molecule has 3 rings (SSSR count). The first-order chi connectivity index (χ1) is 7.70. The molecular formula is C13H16N2O. The Kier molecular flexibility index (Phi) is 2.11. The van der Waals surface area contributed by atoms with E-state index in [9.17, 15) is 0 Å². The summed E-state index contributed by atoms with van der Waals surface area (Å²) >= 11 is 0. The van der Waals surface area contributed by atoms with Gasteiger partial charge in [0.05, 0.1) is 24.1 Å². The third-order valence-electron chi connectivity index (χ3n) is 3.56. The predicted molar refractivity (Wildman–Crippen MR) is 63.3 cm³/mol. The third kappa shape index (κ3) is 1.39. The predicted octanol–water partition coefficient (Wildman–Crippen LogP) is 2.62. The van der Waals surface area contributed by atoms with E-state index >= 15 is 0 Å². The molecule has 3 nitrogen and oxygen atoms in total. The zero-order valence-corrected chi connectivity index (χ0v) is 9.68. The van der Waals surface area contributed by atoms with E-state index in [1.807, 2.05) is 12.4 Å². The Bertz CT molecular complexity index is 431. The molecule has 1 saturated heterocycles. The van der Waals surface area contributed by atoms with Gasteiger partial charge in [-0.15, -0.1) is 0 Å². The minimum Gasteiger partial charge on any atom is -0.375 e. The van der Waals surface area contributed by atoms with Crippen molar-refractivity contribution in [2.75, 3.05) is 0 Å². The number of pyridine rings is 1. The molecule has 0 radical (unpaired) electrons. The second-order valence-electron chi connectivity index (χ2n) is 4.97. The van der Waals surface area contributed by atoms with Crippen molar-refractivity contribution in [2.24, 2.45) is 4.99 Å². The summed E-state index contributed by atoms with van der Waals surface area (Å²) in [7, 11) is 0. The fraction of sp³-hybridized carbons (Fsp3) is 0.538. The van der Waals surface area contributed by atoms with Crippen LogP contribution in [0.1, 0.15) is 32.3 Å². The first-order valence-corrected chi connectivity index (χ1v) is 5.85. The van der Waals surface area contributed by atoms with Crippen LogP contribution in [-0.4, -0.2) is 23.4 Å². The highest BCUT2D eigenvalue weighted by atomic mass is 16.5. The summed E-state index contributed by atoms with van der Waals surface area (Å²) in [5.41, 5.74) is 2.45. The molecule has 16 heavy (non-hydrogen) atoms. The minimum atomic E-state index is 0.0926. The van der Waals surface area contributed by atoms with Crippen LogP contribution in [0, 0.1) is 0 Å². The average Bonchev–Trinajstić information content (AvgIpc) is 2.57. The molecule has 1 fully saturated rings. The van der Waals surface area contributed by atoms with Gasteiger partial charge in [-0.3, -0.25) is 9.98 Å². The molecule has 84 valence electrons. The summed E-state index contributed by atoms with van der Waals surface area (Å²) in [6.07, 6.45) is 8.47. The Balaban J connectivity index is 2.04. The number of hydrogen-bond acceptors (Lipinski definition) is 3. The molecule has 0 saturated carbocycles. The van der Waals surface area contributed by atoms with E-state index in [4.69, 9.17) is 4.74 Å². The van der Waals surface area contributed by atoms with Crippen molar-refractivity contribution in [3.8, 4) is 0 Å². The summed E-state index contributed by atoms with van der Waals surface area (Å²) in [5.74, 6) is 0. The van der Waals surface area contributed by atoms with Gasteiger partial charge in [-0.05, 0) is 38.3 Å². The van der Waals surface area contributed by atoms with Crippen LogP contribution in [0.25, 0.3) is 0 Å². The number of rotatable bonds is 0. The van der Waals surface area contributed by atoms with E-state index in [0.717, 1.165) is 18.5 Å². The minimum absolute atomic E-state index is 0.0926. The van der Waals surface area contributed by atoms with Gasteiger partial charge in [0.15, 0.2) is 0 Å². The van der Waals surface area contributed by atoms with Crippen molar-refractivity contribution in [3.63, 3.8) is 0 Å². The number of ether oxygens (including phenoxy) is 1. The molecule has 0 bridgehead atoms. The molecule has 0 amide bonds. The van der Waals surface area contributed by atoms with Crippen molar-refractivity contribution in [3.05, 3.63) is 24.0 Å². The highest BCUT2D eigenvalue weighted by molar-refractivity contribution is 5.85. The first-order valence-electron chi connectivity index (χ1n) is 5.85. The molecule has 2 unspecified atom stereocenters. The average molecular weight is 216 g/mol. The standard InChI is InChI=1S/C13H16N2O/c1-9-5-13(6-10(2)16-9)8-15-12-7-14-4-3-11(12)13/h3-4,7-10H,5-6H2,1-2H3. The first kappa shape index (κ1) is 9.97. The molecule has 3 heteroatoms. The number of aliphatic imine (C=N–C) groups is 1. The fourth-order valence-corrected chi connectivity index (χ4v) is 3.10. The molecule has 1 aromatic heterocycles. The van der Waals surface area contributed by atoms with Gasteiger partial charge in [-0.2, -0.15) is 0 Å². The molecule has 3 heterocycles. The van der Waals surface area contributed by atoms with Crippen molar-refractivity contribution < 1.29 is 4.74 Å². The second kappa shape index (κ2) is 3.39. The Hall–Kier alpha value is -1.22. The van der Waals surface area contributed by atoms with Crippen LogP contribution in [-0.2, 0) is 10.2 Å². The van der Waals surface area contributed by atoms with Crippen LogP contribution in [0.4, 0.5) is 5.69 Å². The summed E-state index contributed by atoms with van der Waals surface area (Å²) in [6, 6.07) is 2.10. The Morgan fingerprint density at radius 3 is 2.81 bits per heavy atom. The van der Waals surface area contributed by atoms with E-state index in [2.05, 4.69) is 36.1 Å². The van der Waals surface area contributed by atoms with Crippen molar-refractivity contribution in [2.45, 2.75) is 44.3 Å². The largest absolute Gasteiger partial charge is 0.375 e. The molecule has 0 N–H and O–H groups in total. The monoisotopic (exact) mass is 216 g/mol. The lowest BCUT2D eigenvalue weighted by Crippen LogP contribution is -2.41. The SMILES string of the molecule is CC1CC2(C=Nc3cnccc32)CC(C)O1. The third-order valence-corrected chi connectivity index (χ3v) is 3.56. The normalized spacial score (nSPS) is 36.6. The number of nitrogens with zero attached hydrogens (tertiary/aromatic N) is 2. The van der Waals surface area contributed by atoms with Crippen LogP contribution < -0.4 is 0 Å². The quantitative estimate of drug-likeness (QED) is 0.668. The van der Waals surface area contributed by atoms with E-state index in [-0.39, 0.29) is 5.41 Å². The van der Waals surface area contributed by atoms with Crippen LogP contribution in [0.5, 0.6) is 0 Å². The second-order valence-corrected chi connectivity index (χ2v) is 4.97. The van der Waals surface area contributed by atoms with E-state index in [1.165, 1.54) is 5.56 Å². The number of fused-ring (bicyclic) bond motifs is 2. The zero-order valence-electron chi connectivity index (χ0n) is 9.68. The van der Waals surface area contributed by atoms with Gasteiger partial charge in [0.2, 0.25) is 0 Å². The maximum absolute atomic E-state index is 5.81. The summed E-state index contributed by atoms with van der Waals surface area (Å²) < 4.78 is 5.81. The topological polar surface area (TPSA) is 34.5 Å². The summed E-state index contributed by atoms with van der Waals surface area (Å²) in [5, 5.41) is 0. The highest BCUT2D eigenvalue weighted by Gasteiger charge is 2.42. The lowest BCUT2D eigenvalue weighted by molar-refractivity contribution is -0.0474. The number of aromatic nitrogens is 1. The van der Waals surface area contributed by atoms with Gasteiger partial charge in [-0.1, -0.05) is 0 Å². The maximum atomic E-state index is 5.81. The molecule has 1 aromatic rings. The van der Waals surface area contributed by atoms with Gasteiger partial charge in [-0.25, -0.2) is 0 Å². The summed E-state index contributed by atoms with van der Waals surface area (Å²) in [4.78, 5) is 8.63. The maximum Gasteiger partial charge on any atom is 0.0850 e. The van der Waals surface area contributed by atoms with E-state index in [0.29, 0.717) is 12.2 Å². The van der Waals surface area contributed by atoms with Crippen LogP contribution >= 0.6 is 0 Å². The molecule has 1 spiro atoms. The molecular weight excluding hydrogens is 200 g/mol. The molecule has 2 aliphatic rings.